The van der Waals surface area contributed by atoms with E-state index in [1.807, 2.05) is 0 Å². The van der Waals surface area contributed by atoms with Crippen molar-refractivity contribution in [3.8, 4) is 5.75 Å². The number of halogens is 2. The smallest absolute Gasteiger partial charge is 0.410 e. The van der Waals surface area contributed by atoms with Crippen LogP contribution in [-0.4, -0.2) is 18.5 Å². The maximum atomic E-state index is 11.0. The van der Waals surface area contributed by atoms with Crippen molar-refractivity contribution < 1.29 is 9.53 Å². The first-order valence-electron chi connectivity index (χ1n) is 3.99. The molecular weight excluding hydrogens is 225 g/mol. The molecule has 0 aliphatic rings. The zero-order chi connectivity index (χ0) is 10.4. The van der Waals surface area contributed by atoms with Crippen molar-refractivity contribution in [3.05, 3.63) is 29.3 Å². The Kier molecular flexibility index (Phi) is 4.56. The normalized spacial score (nSPS) is 9.57. The Balaban J connectivity index is 2.44. The Morgan fingerprint density at radius 3 is 2.57 bits per heavy atom. The van der Waals surface area contributed by atoms with Gasteiger partial charge in [0.1, 0.15) is 5.75 Å². The highest BCUT2D eigenvalue weighted by Gasteiger charge is 2.02. The zero-order valence-electron chi connectivity index (χ0n) is 7.30. The van der Waals surface area contributed by atoms with E-state index >= 15 is 0 Å². The molecule has 3 nitrogen and oxygen atoms in total. The first-order chi connectivity index (χ1) is 6.72. The molecule has 0 aromatic heterocycles. The van der Waals surface area contributed by atoms with Crippen LogP contribution >= 0.6 is 23.2 Å². The highest BCUT2D eigenvalue weighted by Crippen LogP contribution is 2.15. The second-order valence-corrected chi connectivity index (χ2v) is 3.27. The van der Waals surface area contributed by atoms with Crippen LogP contribution in [0, 0.1) is 0 Å². The molecular formula is C9H9Cl2NO2. The summed E-state index contributed by atoms with van der Waals surface area (Å²) in [4.78, 5) is 11.0. The number of carbonyl (C=O) groups is 1. The third-order valence-corrected chi connectivity index (χ3v) is 1.83. The molecule has 76 valence electrons. The number of benzene rings is 1. The van der Waals surface area contributed by atoms with Gasteiger partial charge >= 0.3 is 6.09 Å². The Morgan fingerprint density at radius 2 is 2.00 bits per heavy atom. The summed E-state index contributed by atoms with van der Waals surface area (Å²) in [5, 5.41) is 3.07. The van der Waals surface area contributed by atoms with Gasteiger partial charge in [-0.05, 0) is 24.3 Å². The lowest BCUT2D eigenvalue weighted by atomic mass is 10.3. The number of hydrogen-bond donors (Lipinski definition) is 1. The monoisotopic (exact) mass is 233 g/mol. The molecule has 0 atom stereocenters. The van der Waals surface area contributed by atoms with Gasteiger partial charge in [-0.25, -0.2) is 4.79 Å². The standard InChI is InChI=1S/C9H9Cl2NO2/c10-5-6-12-9(13)14-8-3-1-7(11)2-4-8/h1-4H,5-6H2,(H,12,13). The van der Waals surface area contributed by atoms with Crippen LogP contribution in [0.2, 0.25) is 5.02 Å². The molecule has 0 unspecified atom stereocenters. The van der Waals surface area contributed by atoms with Gasteiger partial charge in [0, 0.05) is 17.4 Å². The second-order valence-electron chi connectivity index (χ2n) is 2.46. The summed E-state index contributed by atoms with van der Waals surface area (Å²) >= 11 is 11.0. The summed E-state index contributed by atoms with van der Waals surface area (Å²) in [7, 11) is 0. The first-order valence-corrected chi connectivity index (χ1v) is 4.91. The van der Waals surface area contributed by atoms with Crippen molar-refractivity contribution >= 4 is 29.3 Å². The van der Waals surface area contributed by atoms with Gasteiger partial charge < -0.3 is 10.1 Å². The molecule has 1 N–H and O–H groups in total. The summed E-state index contributed by atoms with van der Waals surface area (Å²) in [6.07, 6.45) is -0.520. The van der Waals surface area contributed by atoms with Gasteiger partial charge in [-0.1, -0.05) is 11.6 Å². The maximum Gasteiger partial charge on any atom is 0.412 e. The van der Waals surface area contributed by atoms with Crippen LogP contribution < -0.4 is 10.1 Å². The highest BCUT2D eigenvalue weighted by atomic mass is 35.5. The minimum absolute atomic E-state index is 0.357. The molecule has 0 heterocycles. The topological polar surface area (TPSA) is 38.3 Å². The predicted molar refractivity (Wildman–Crippen MR) is 56.2 cm³/mol. The van der Waals surface area contributed by atoms with Crippen LogP contribution in [0.15, 0.2) is 24.3 Å². The van der Waals surface area contributed by atoms with Crippen LogP contribution in [0.1, 0.15) is 0 Å². The number of carbonyl (C=O) groups excluding carboxylic acids is 1. The van der Waals surface area contributed by atoms with Gasteiger partial charge in [-0.3, -0.25) is 0 Å². The van der Waals surface area contributed by atoms with E-state index in [9.17, 15) is 4.79 Å². The largest absolute Gasteiger partial charge is 0.412 e. The highest BCUT2D eigenvalue weighted by molar-refractivity contribution is 6.30. The number of rotatable bonds is 3. The van der Waals surface area contributed by atoms with Crippen molar-refractivity contribution in [2.75, 3.05) is 12.4 Å². The maximum absolute atomic E-state index is 11.0. The summed E-state index contributed by atoms with van der Waals surface area (Å²) < 4.78 is 4.90. The summed E-state index contributed by atoms with van der Waals surface area (Å²) in [5.41, 5.74) is 0. The number of alkyl halides is 1. The van der Waals surface area contributed by atoms with E-state index in [1.165, 1.54) is 0 Å². The van der Waals surface area contributed by atoms with E-state index in [0.717, 1.165) is 0 Å². The van der Waals surface area contributed by atoms with Crippen LogP contribution in [0.25, 0.3) is 0 Å². The predicted octanol–water partition coefficient (Wildman–Crippen LogP) is 2.67. The van der Waals surface area contributed by atoms with Crippen molar-refractivity contribution in [1.82, 2.24) is 5.32 Å². The van der Waals surface area contributed by atoms with E-state index in [1.54, 1.807) is 24.3 Å². The molecule has 0 saturated carbocycles. The molecule has 1 aromatic carbocycles. The molecule has 0 aliphatic carbocycles. The second kappa shape index (κ2) is 5.73. The van der Waals surface area contributed by atoms with E-state index in [4.69, 9.17) is 27.9 Å². The van der Waals surface area contributed by atoms with E-state index < -0.39 is 6.09 Å². The molecule has 0 fully saturated rings. The number of nitrogens with one attached hydrogen (secondary N) is 1. The minimum Gasteiger partial charge on any atom is -0.410 e. The minimum atomic E-state index is -0.520. The Hall–Kier alpha value is -0.930. The van der Waals surface area contributed by atoms with Gasteiger partial charge in [0.15, 0.2) is 0 Å². The van der Waals surface area contributed by atoms with Crippen LogP contribution in [0.5, 0.6) is 5.75 Å². The molecule has 0 spiro atoms. The van der Waals surface area contributed by atoms with Crippen molar-refractivity contribution in [2.24, 2.45) is 0 Å². The van der Waals surface area contributed by atoms with E-state index in [2.05, 4.69) is 5.32 Å². The Labute approximate surface area is 92.0 Å². The average molecular weight is 234 g/mol. The Morgan fingerprint density at radius 1 is 1.36 bits per heavy atom. The van der Waals surface area contributed by atoms with Gasteiger partial charge in [-0.15, -0.1) is 11.6 Å². The average Bonchev–Trinajstić information content (AvgIpc) is 2.18. The number of ether oxygens (including phenoxy) is 1. The zero-order valence-corrected chi connectivity index (χ0v) is 8.81. The Bertz CT molecular complexity index is 300. The van der Waals surface area contributed by atoms with Crippen molar-refractivity contribution in [2.45, 2.75) is 0 Å². The summed E-state index contributed by atoms with van der Waals surface area (Å²) in [6.45, 7) is 0.383. The summed E-state index contributed by atoms with van der Waals surface area (Å²) in [6, 6.07) is 6.52. The summed E-state index contributed by atoms with van der Waals surface area (Å²) in [5.74, 6) is 0.803. The molecule has 0 radical (unpaired) electrons. The number of hydrogen-bond acceptors (Lipinski definition) is 2. The molecule has 0 saturated heterocycles. The van der Waals surface area contributed by atoms with Gasteiger partial charge in [0.05, 0.1) is 0 Å². The number of amides is 1. The fraction of sp³-hybridized carbons (Fsp3) is 0.222. The molecule has 0 bridgehead atoms. The van der Waals surface area contributed by atoms with Gasteiger partial charge in [-0.2, -0.15) is 0 Å². The van der Waals surface area contributed by atoms with E-state index in [0.29, 0.717) is 23.2 Å². The van der Waals surface area contributed by atoms with Crippen LogP contribution in [0.3, 0.4) is 0 Å². The van der Waals surface area contributed by atoms with E-state index in [-0.39, 0.29) is 0 Å². The SMILES string of the molecule is O=C(NCCCl)Oc1ccc(Cl)cc1. The fourth-order valence-electron chi connectivity index (χ4n) is 0.795. The molecule has 1 rings (SSSR count). The quantitative estimate of drug-likeness (QED) is 0.816. The molecule has 14 heavy (non-hydrogen) atoms. The molecule has 5 heteroatoms. The van der Waals surface area contributed by atoms with Crippen molar-refractivity contribution in [1.29, 1.82) is 0 Å². The fourth-order valence-corrected chi connectivity index (χ4v) is 1.02. The lowest BCUT2D eigenvalue weighted by Crippen LogP contribution is -2.28. The molecule has 1 aromatic rings. The molecule has 1 amide bonds. The third kappa shape index (κ3) is 3.85. The van der Waals surface area contributed by atoms with Gasteiger partial charge in [0.25, 0.3) is 0 Å². The van der Waals surface area contributed by atoms with Crippen molar-refractivity contribution in [3.63, 3.8) is 0 Å². The van der Waals surface area contributed by atoms with Crippen LogP contribution in [0.4, 0.5) is 4.79 Å². The van der Waals surface area contributed by atoms with Gasteiger partial charge in [0.2, 0.25) is 0 Å². The third-order valence-electron chi connectivity index (χ3n) is 1.39. The lowest BCUT2D eigenvalue weighted by molar-refractivity contribution is 0.201. The lowest BCUT2D eigenvalue weighted by Gasteiger charge is -2.04. The van der Waals surface area contributed by atoms with Crippen LogP contribution in [-0.2, 0) is 0 Å². The first kappa shape index (κ1) is 11.1. The molecule has 0 aliphatic heterocycles.